The van der Waals surface area contributed by atoms with Gasteiger partial charge in [0.05, 0.1) is 19.6 Å². The molecule has 0 radical (unpaired) electrons. The molecule has 2 aliphatic rings. The predicted octanol–water partition coefficient (Wildman–Crippen LogP) is 1.81. The van der Waals surface area contributed by atoms with Crippen molar-refractivity contribution in [2.24, 2.45) is 5.92 Å². The van der Waals surface area contributed by atoms with Crippen molar-refractivity contribution in [2.75, 3.05) is 19.5 Å². The first-order chi connectivity index (χ1) is 6.76. The number of ether oxygens (including phenoxy) is 2. The van der Waals surface area contributed by atoms with Crippen molar-refractivity contribution in [3.63, 3.8) is 0 Å². The summed E-state index contributed by atoms with van der Waals surface area (Å²) in [7, 11) is 1.46. The van der Waals surface area contributed by atoms with Gasteiger partial charge in [-0.2, -0.15) is 0 Å². The largest absolute Gasteiger partial charge is 0.469 e. The van der Waals surface area contributed by atoms with E-state index in [1.165, 1.54) is 7.11 Å². The van der Waals surface area contributed by atoms with Crippen LogP contribution in [-0.4, -0.2) is 30.4 Å². The number of carbonyl (C=O) groups is 1. The van der Waals surface area contributed by atoms with Gasteiger partial charge in [-0.05, 0) is 25.7 Å². The molecule has 1 saturated heterocycles. The van der Waals surface area contributed by atoms with Crippen LogP contribution in [0.2, 0.25) is 0 Å². The average molecular weight is 216 g/mol. The summed E-state index contributed by atoms with van der Waals surface area (Å²) in [4.78, 5) is 11.4. The van der Waals surface area contributed by atoms with Gasteiger partial charge in [0, 0.05) is 5.75 Å². The van der Waals surface area contributed by atoms with Crippen molar-refractivity contribution in [2.45, 2.75) is 30.6 Å². The summed E-state index contributed by atoms with van der Waals surface area (Å²) in [5.41, 5.74) is 0. The second-order valence-corrected chi connectivity index (χ2v) is 5.36. The van der Waals surface area contributed by atoms with Gasteiger partial charge in [0.1, 0.15) is 4.93 Å². The maximum Gasteiger partial charge on any atom is 0.308 e. The van der Waals surface area contributed by atoms with Crippen LogP contribution < -0.4 is 0 Å². The van der Waals surface area contributed by atoms with Gasteiger partial charge in [-0.1, -0.05) is 0 Å². The van der Waals surface area contributed by atoms with Crippen molar-refractivity contribution >= 4 is 17.7 Å². The molecule has 0 bridgehead atoms. The zero-order valence-electron chi connectivity index (χ0n) is 8.45. The SMILES string of the molecule is COC(=O)C1CCCC2(C1)OCCS2. The highest BCUT2D eigenvalue weighted by Gasteiger charge is 2.43. The summed E-state index contributed by atoms with van der Waals surface area (Å²) in [6.45, 7) is 0.832. The Morgan fingerprint density at radius 2 is 2.50 bits per heavy atom. The summed E-state index contributed by atoms with van der Waals surface area (Å²) in [5.74, 6) is 1.05. The quantitative estimate of drug-likeness (QED) is 0.626. The molecule has 1 aliphatic carbocycles. The molecular weight excluding hydrogens is 200 g/mol. The lowest BCUT2D eigenvalue weighted by atomic mass is 9.86. The van der Waals surface area contributed by atoms with E-state index in [4.69, 9.17) is 9.47 Å². The molecular formula is C10H16O3S. The second-order valence-electron chi connectivity index (χ2n) is 3.92. The molecule has 2 rings (SSSR count). The van der Waals surface area contributed by atoms with Crippen molar-refractivity contribution in [3.05, 3.63) is 0 Å². The van der Waals surface area contributed by atoms with E-state index in [2.05, 4.69) is 0 Å². The van der Waals surface area contributed by atoms with Crippen LogP contribution >= 0.6 is 11.8 Å². The number of esters is 1. The highest BCUT2D eigenvalue weighted by molar-refractivity contribution is 8.00. The molecule has 2 fully saturated rings. The van der Waals surface area contributed by atoms with Gasteiger partial charge in [-0.3, -0.25) is 4.79 Å². The fourth-order valence-corrected chi connectivity index (χ4v) is 3.64. The monoisotopic (exact) mass is 216 g/mol. The van der Waals surface area contributed by atoms with E-state index in [0.29, 0.717) is 0 Å². The molecule has 0 aromatic heterocycles. The molecule has 1 heterocycles. The van der Waals surface area contributed by atoms with Crippen molar-refractivity contribution in [1.82, 2.24) is 0 Å². The van der Waals surface area contributed by atoms with Gasteiger partial charge in [0.25, 0.3) is 0 Å². The first kappa shape index (κ1) is 10.3. The Kier molecular flexibility index (Phi) is 3.02. The van der Waals surface area contributed by atoms with E-state index in [-0.39, 0.29) is 16.8 Å². The summed E-state index contributed by atoms with van der Waals surface area (Å²) in [6, 6.07) is 0. The van der Waals surface area contributed by atoms with E-state index < -0.39 is 0 Å². The van der Waals surface area contributed by atoms with Crippen LogP contribution in [0.5, 0.6) is 0 Å². The van der Waals surface area contributed by atoms with Crippen LogP contribution in [0.4, 0.5) is 0 Å². The summed E-state index contributed by atoms with van der Waals surface area (Å²) in [6.07, 6.45) is 3.96. The minimum absolute atomic E-state index is 0.0550. The Morgan fingerprint density at radius 3 is 3.14 bits per heavy atom. The van der Waals surface area contributed by atoms with Crippen LogP contribution in [0, 0.1) is 5.92 Å². The maximum absolute atomic E-state index is 11.4. The molecule has 3 nitrogen and oxygen atoms in total. The molecule has 80 valence electrons. The summed E-state index contributed by atoms with van der Waals surface area (Å²) in [5, 5.41) is 0. The van der Waals surface area contributed by atoms with Crippen LogP contribution in [0.3, 0.4) is 0 Å². The van der Waals surface area contributed by atoms with Gasteiger partial charge in [0.15, 0.2) is 0 Å². The molecule has 1 spiro atoms. The van der Waals surface area contributed by atoms with E-state index in [9.17, 15) is 4.79 Å². The van der Waals surface area contributed by atoms with E-state index in [0.717, 1.165) is 38.0 Å². The Balaban J connectivity index is 1.99. The Morgan fingerprint density at radius 1 is 1.64 bits per heavy atom. The summed E-state index contributed by atoms with van der Waals surface area (Å²) >= 11 is 1.87. The highest BCUT2D eigenvalue weighted by atomic mass is 32.2. The number of carbonyl (C=O) groups excluding carboxylic acids is 1. The maximum atomic E-state index is 11.4. The van der Waals surface area contributed by atoms with E-state index in [1.807, 2.05) is 11.8 Å². The Hall–Kier alpha value is -0.220. The van der Waals surface area contributed by atoms with E-state index in [1.54, 1.807) is 0 Å². The number of methoxy groups -OCH3 is 1. The zero-order chi connectivity index (χ0) is 10.0. The number of hydrogen-bond donors (Lipinski definition) is 0. The molecule has 14 heavy (non-hydrogen) atoms. The van der Waals surface area contributed by atoms with Crippen LogP contribution in [-0.2, 0) is 14.3 Å². The molecule has 1 saturated carbocycles. The van der Waals surface area contributed by atoms with Gasteiger partial charge in [-0.15, -0.1) is 11.8 Å². The van der Waals surface area contributed by atoms with Crippen molar-refractivity contribution < 1.29 is 14.3 Å². The predicted molar refractivity (Wildman–Crippen MR) is 55.1 cm³/mol. The lowest BCUT2D eigenvalue weighted by Gasteiger charge is -2.35. The fraction of sp³-hybridized carbons (Fsp3) is 0.900. The summed E-state index contributed by atoms with van der Waals surface area (Å²) < 4.78 is 10.6. The third-order valence-corrected chi connectivity index (χ3v) is 4.40. The lowest BCUT2D eigenvalue weighted by Crippen LogP contribution is -2.35. The van der Waals surface area contributed by atoms with Crippen LogP contribution in [0.1, 0.15) is 25.7 Å². The third-order valence-electron chi connectivity index (χ3n) is 3.02. The van der Waals surface area contributed by atoms with Gasteiger partial charge in [0.2, 0.25) is 0 Å². The molecule has 4 heteroatoms. The first-order valence-electron chi connectivity index (χ1n) is 5.11. The molecule has 0 N–H and O–H groups in total. The molecule has 0 aromatic carbocycles. The molecule has 1 aliphatic heterocycles. The average Bonchev–Trinajstić information content (AvgIpc) is 2.65. The smallest absolute Gasteiger partial charge is 0.308 e. The third kappa shape index (κ3) is 1.91. The Bertz CT molecular complexity index is 223. The number of rotatable bonds is 1. The van der Waals surface area contributed by atoms with E-state index >= 15 is 0 Å². The minimum atomic E-state index is -0.0693. The van der Waals surface area contributed by atoms with Crippen LogP contribution in [0.25, 0.3) is 0 Å². The standard InChI is InChI=1S/C10H16O3S/c1-12-9(11)8-3-2-4-10(7-8)13-5-6-14-10/h8H,2-7H2,1H3. The molecule has 0 aromatic rings. The number of thioether (sulfide) groups is 1. The normalized spacial score (nSPS) is 37.4. The van der Waals surface area contributed by atoms with Gasteiger partial charge < -0.3 is 9.47 Å². The van der Waals surface area contributed by atoms with Gasteiger partial charge in [-0.25, -0.2) is 0 Å². The molecule has 2 atom stereocenters. The molecule has 0 amide bonds. The number of hydrogen-bond acceptors (Lipinski definition) is 4. The highest BCUT2D eigenvalue weighted by Crippen LogP contribution is 2.46. The van der Waals surface area contributed by atoms with Gasteiger partial charge >= 0.3 is 5.97 Å². The fourth-order valence-electron chi connectivity index (χ4n) is 2.32. The van der Waals surface area contributed by atoms with Crippen LogP contribution in [0.15, 0.2) is 0 Å². The van der Waals surface area contributed by atoms with Crippen molar-refractivity contribution in [1.29, 1.82) is 0 Å². The topological polar surface area (TPSA) is 35.5 Å². The molecule has 2 unspecified atom stereocenters. The Labute approximate surface area is 88.5 Å². The van der Waals surface area contributed by atoms with Crippen molar-refractivity contribution in [3.8, 4) is 0 Å². The second kappa shape index (κ2) is 4.11. The minimum Gasteiger partial charge on any atom is -0.469 e. The zero-order valence-corrected chi connectivity index (χ0v) is 9.27. The lowest BCUT2D eigenvalue weighted by molar-refractivity contribution is -0.149. The first-order valence-corrected chi connectivity index (χ1v) is 6.10.